The zero-order chi connectivity index (χ0) is 15.1. The average Bonchev–Trinajstić information content (AvgIpc) is 2.93. The van der Waals surface area contributed by atoms with Crippen LogP contribution in [0.4, 0.5) is 0 Å². The van der Waals surface area contributed by atoms with Crippen molar-refractivity contribution in [2.24, 2.45) is 17.8 Å². The Bertz CT molecular complexity index is 399. The predicted octanol–water partition coefficient (Wildman–Crippen LogP) is 3.89. The molecule has 1 N–H and O–H groups in total. The molecule has 1 aliphatic carbocycles. The molecule has 0 radical (unpaired) electrons. The van der Waals surface area contributed by atoms with Gasteiger partial charge in [0.25, 0.3) is 0 Å². The monoisotopic (exact) mass is 291 g/mol. The van der Waals surface area contributed by atoms with E-state index in [1.54, 1.807) is 0 Å². The highest BCUT2D eigenvalue weighted by Gasteiger charge is 2.30. The van der Waals surface area contributed by atoms with Crippen LogP contribution in [0.3, 0.4) is 0 Å². The third kappa shape index (κ3) is 4.57. The molecule has 1 aromatic heterocycles. The van der Waals surface area contributed by atoms with Crippen LogP contribution in [0.25, 0.3) is 0 Å². The van der Waals surface area contributed by atoms with Crippen molar-refractivity contribution in [3.8, 4) is 0 Å². The summed E-state index contributed by atoms with van der Waals surface area (Å²) in [6, 6.07) is 0. The van der Waals surface area contributed by atoms with Gasteiger partial charge in [0.2, 0.25) is 0 Å². The molecule has 1 aromatic rings. The van der Waals surface area contributed by atoms with Gasteiger partial charge in [0.15, 0.2) is 0 Å². The lowest BCUT2D eigenvalue weighted by Gasteiger charge is -2.36. The van der Waals surface area contributed by atoms with Gasteiger partial charge in [-0.2, -0.15) is 0 Å². The van der Waals surface area contributed by atoms with Crippen molar-refractivity contribution in [1.82, 2.24) is 14.9 Å². The van der Waals surface area contributed by atoms with E-state index in [1.165, 1.54) is 50.9 Å². The van der Waals surface area contributed by atoms with Gasteiger partial charge in [-0.15, -0.1) is 0 Å². The van der Waals surface area contributed by atoms with Crippen LogP contribution >= 0.6 is 0 Å². The van der Waals surface area contributed by atoms with Crippen LogP contribution < -0.4 is 5.32 Å². The fourth-order valence-corrected chi connectivity index (χ4v) is 3.85. The van der Waals surface area contributed by atoms with Crippen molar-refractivity contribution in [2.45, 2.75) is 65.8 Å². The lowest BCUT2D eigenvalue weighted by molar-refractivity contribution is 0.169. The zero-order valence-corrected chi connectivity index (χ0v) is 14.1. The highest BCUT2D eigenvalue weighted by molar-refractivity contribution is 4.96. The molecule has 0 aliphatic heterocycles. The van der Waals surface area contributed by atoms with Gasteiger partial charge in [0.05, 0.1) is 0 Å². The van der Waals surface area contributed by atoms with Gasteiger partial charge in [-0.25, -0.2) is 4.98 Å². The summed E-state index contributed by atoms with van der Waals surface area (Å²) in [5.41, 5.74) is 0. The van der Waals surface area contributed by atoms with Crippen LogP contribution in [-0.2, 0) is 13.0 Å². The van der Waals surface area contributed by atoms with Crippen molar-refractivity contribution >= 4 is 0 Å². The molecule has 1 fully saturated rings. The summed E-state index contributed by atoms with van der Waals surface area (Å²) in [6.45, 7) is 10.2. The molecule has 1 heterocycles. The topological polar surface area (TPSA) is 29.9 Å². The minimum atomic E-state index is 0.806. The molecular formula is C18H33N3. The maximum absolute atomic E-state index is 4.64. The molecule has 0 amide bonds. The fourth-order valence-electron chi connectivity index (χ4n) is 3.85. The molecule has 0 spiro atoms. The van der Waals surface area contributed by atoms with E-state index in [-0.39, 0.29) is 0 Å². The Kier molecular flexibility index (Phi) is 6.75. The third-order valence-corrected chi connectivity index (χ3v) is 5.19. The minimum Gasteiger partial charge on any atom is -0.335 e. The molecule has 3 atom stereocenters. The minimum absolute atomic E-state index is 0.806. The van der Waals surface area contributed by atoms with Crippen molar-refractivity contribution in [3.63, 3.8) is 0 Å². The highest BCUT2D eigenvalue weighted by atomic mass is 15.1. The second kappa shape index (κ2) is 8.57. The first-order valence-electron chi connectivity index (χ1n) is 8.99. The number of imidazole rings is 1. The maximum Gasteiger partial charge on any atom is 0.108 e. The van der Waals surface area contributed by atoms with Gasteiger partial charge < -0.3 is 9.88 Å². The number of hydrogen-bond donors (Lipinski definition) is 1. The molecule has 3 heteroatoms. The van der Waals surface area contributed by atoms with Crippen LogP contribution in [0.1, 0.15) is 58.7 Å². The predicted molar refractivity (Wildman–Crippen MR) is 89.4 cm³/mol. The van der Waals surface area contributed by atoms with Crippen molar-refractivity contribution in [1.29, 1.82) is 0 Å². The van der Waals surface area contributed by atoms with E-state index in [0.29, 0.717) is 0 Å². The lowest BCUT2D eigenvalue weighted by Crippen LogP contribution is -2.34. The fraction of sp³-hybridized carbons (Fsp3) is 0.833. The summed E-state index contributed by atoms with van der Waals surface area (Å²) in [5, 5.41) is 3.57. The Hall–Kier alpha value is -0.830. The third-order valence-electron chi connectivity index (χ3n) is 5.19. The van der Waals surface area contributed by atoms with Crippen LogP contribution in [0.15, 0.2) is 12.4 Å². The first-order chi connectivity index (χ1) is 10.3. The zero-order valence-electron chi connectivity index (χ0n) is 14.1. The van der Waals surface area contributed by atoms with Gasteiger partial charge in [0.1, 0.15) is 5.82 Å². The van der Waals surface area contributed by atoms with E-state index in [4.69, 9.17) is 0 Å². The smallest absolute Gasteiger partial charge is 0.108 e. The maximum atomic E-state index is 4.64. The van der Waals surface area contributed by atoms with Crippen molar-refractivity contribution in [2.75, 3.05) is 13.1 Å². The van der Waals surface area contributed by atoms with Crippen molar-refractivity contribution in [3.05, 3.63) is 18.2 Å². The lowest BCUT2D eigenvalue weighted by atomic mass is 9.71. The molecular weight excluding hydrogens is 258 g/mol. The van der Waals surface area contributed by atoms with Gasteiger partial charge in [-0.3, -0.25) is 0 Å². The Morgan fingerprint density at radius 2 is 2.10 bits per heavy atom. The Balaban J connectivity index is 2.02. The van der Waals surface area contributed by atoms with Gasteiger partial charge in [-0.05, 0) is 50.1 Å². The Morgan fingerprint density at radius 1 is 1.24 bits per heavy atom. The normalized spacial score (nSPS) is 26.1. The number of nitrogens with zero attached hydrogens (tertiary/aromatic N) is 2. The van der Waals surface area contributed by atoms with E-state index in [0.717, 1.165) is 30.8 Å². The summed E-state index contributed by atoms with van der Waals surface area (Å²) in [6.07, 6.45) is 12.0. The molecule has 0 aromatic carbocycles. The Labute approximate surface area is 130 Å². The molecule has 3 nitrogen and oxygen atoms in total. The van der Waals surface area contributed by atoms with Crippen LogP contribution in [0.2, 0.25) is 0 Å². The number of rotatable bonds is 8. The Morgan fingerprint density at radius 3 is 2.81 bits per heavy atom. The number of aromatic nitrogens is 2. The van der Waals surface area contributed by atoms with E-state index in [9.17, 15) is 0 Å². The van der Waals surface area contributed by atoms with Gasteiger partial charge in [-0.1, -0.05) is 33.6 Å². The van der Waals surface area contributed by atoms with E-state index < -0.39 is 0 Å². The summed E-state index contributed by atoms with van der Waals surface area (Å²) in [7, 11) is 0. The molecule has 120 valence electrons. The molecule has 0 bridgehead atoms. The number of nitrogens with one attached hydrogen (secondary N) is 1. The summed E-state index contributed by atoms with van der Waals surface area (Å²) >= 11 is 0. The molecule has 1 saturated carbocycles. The van der Waals surface area contributed by atoms with E-state index in [2.05, 4.69) is 41.8 Å². The molecule has 2 rings (SSSR count). The first-order valence-corrected chi connectivity index (χ1v) is 8.99. The van der Waals surface area contributed by atoms with E-state index >= 15 is 0 Å². The first kappa shape index (κ1) is 16.5. The summed E-state index contributed by atoms with van der Waals surface area (Å²) < 4.78 is 2.36. The molecule has 3 unspecified atom stereocenters. The quantitative estimate of drug-likeness (QED) is 0.787. The standard InChI is InChI=1S/C18H33N3/c1-4-10-21-11-9-20-18(21)13-17-12-15(5-2)7-8-16(17)14-19-6-3/h9,11,15-17,19H,4-8,10,12-14H2,1-3H3. The molecule has 0 saturated heterocycles. The average molecular weight is 291 g/mol. The van der Waals surface area contributed by atoms with Crippen LogP contribution in [0.5, 0.6) is 0 Å². The summed E-state index contributed by atoms with van der Waals surface area (Å²) in [4.78, 5) is 4.64. The SMILES string of the molecule is CCCn1ccnc1CC1CC(CC)CCC1CNCC. The van der Waals surface area contributed by atoms with Gasteiger partial charge >= 0.3 is 0 Å². The summed E-state index contributed by atoms with van der Waals surface area (Å²) in [5.74, 6) is 3.88. The largest absolute Gasteiger partial charge is 0.335 e. The van der Waals surface area contributed by atoms with Gasteiger partial charge in [0, 0.05) is 25.4 Å². The number of hydrogen-bond acceptors (Lipinski definition) is 2. The number of aryl methyl sites for hydroxylation is 1. The second-order valence-corrected chi connectivity index (χ2v) is 6.66. The molecule has 1 aliphatic rings. The molecule has 21 heavy (non-hydrogen) atoms. The van der Waals surface area contributed by atoms with Crippen molar-refractivity contribution < 1.29 is 0 Å². The van der Waals surface area contributed by atoms with E-state index in [1.807, 2.05) is 6.20 Å². The highest BCUT2D eigenvalue weighted by Crippen LogP contribution is 2.37. The van der Waals surface area contributed by atoms with Crippen LogP contribution in [0, 0.1) is 17.8 Å². The second-order valence-electron chi connectivity index (χ2n) is 6.66. The van der Waals surface area contributed by atoms with Crippen LogP contribution in [-0.4, -0.2) is 22.6 Å².